The number of amides is 1. The van der Waals surface area contributed by atoms with Gasteiger partial charge in [0.15, 0.2) is 0 Å². The molecule has 1 N–H and O–H groups in total. The van der Waals surface area contributed by atoms with Crippen LogP contribution in [0, 0.1) is 0 Å². The number of carbonyl (C=O) groups is 1. The first kappa shape index (κ1) is 18.2. The third-order valence-corrected chi connectivity index (χ3v) is 5.29. The fourth-order valence-corrected chi connectivity index (χ4v) is 3.67. The van der Waals surface area contributed by atoms with Gasteiger partial charge in [-0.3, -0.25) is 9.59 Å². The molecule has 1 amide bonds. The normalized spacial score (nSPS) is 15.1. The summed E-state index contributed by atoms with van der Waals surface area (Å²) in [6, 6.07) is 13.6. The number of rotatable bonds is 3. The van der Waals surface area contributed by atoms with Gasteiger partial charge in [-0.2, -0.15) is 0 Å². The van der Waals surface area contributed by atoms with Gasteiger partial charge in [-0.15, -0.1) is 0 Å². The van der Waals surface area contributed by atoms with Crippen LogP contribution in [0.5, 0.6) is 0 Å². The highest BCUT2D eigenvalue weighted by Gasteiger charge is 2.24. The van der Waals surface area contributed by atoms with Gasteiger partial charge in [-0.05, 0) is 30.8 Å². The molecule has 1 aliphatic heterocycles. The lowest BCUT2D eigenvalue weighted by Gasteiger charge is -2.34. The van der Waals surface area contributed by atoms with E-state index < -0.39 is 11.2 Å². The van der Waals surface area contributed by atoms with Crippen LogP contribution in [-0.2, 0) is 0 Å². The van der Waals surface area contributed by atoms with Crippen LogP contribution in [-0.4, -0.2) is 58.0 Å². The Balaban J connectivity index is 1.79. The number of benzene rings is 2. The molecule has 7 heteroatoms. The van der Waals surface area contributed by atoms with E-state index in [0.717, 1.165) is 24.2 Å². The fourth-order valence-electron chi connectivity index (χ4n) is 3.67. The molecule has 0 spiro atoms. The third kappa shape index (κ3) is 3.14. The number of hydrogen-bond acceptors (Lipinski definition) is 4. The topological polar surface area (TPSA) is 78.4 Å². The van der Waals surface area contributed by atoms with Crippen LogP contribution in [0.15, 0.2) is 58.1 Å². The molecule has 4 rings (SSSR count). The maximum absolute atomic E-state index is 13.2. The Hall–Kier alpha value is -3.19. The molecular formula is C21H22N4O3. The Kier molecular flexibility index (Phi) is 4.83. The minimum atomic E-state index is -0.556. The minimum Gasteiger partial charge on any atom is -0.336 e. The molecule has 2 aromatic carbocycles. The second-order valence-electron chi connectivity index (χ2n) is 6.86. The summed E-state index contributed by atoms with van der Waals surface area (Å²) in [4.78, 5) is 45.6. The largest absolute Gasteiger partial charge is 0.336 e. The van der Waals surface area contributed by atoms with Crippen LogP contribution in [0.4, 0.5) is 0 Å². The van der Waals surface area contributed by atoms with Crippen molar-refractivity contribution in [3.63, 3.8) is 0 Å². The van der Waals surface area contributed by atoms with Gasteiger partial charge in [0.25, 0.3) is 11.5 Å². The van der Waals surface area contributed by atoms with E-state index in [4.69, 9.17) is 0 Å². The Morgan fingerprint density at radius 1 is 0.964 bits per heavy atom. The van der Waals surface area contributed by atoms with Crippen molar-refractivity contribution in [2.75, 3.05) is 32.7 Å². The van der Waals surface area contributed by atoms with Crippen LogP contribution < -0.4 is 11.2 Å². The van der Waals surface area contributed by atoms with Crippen LogP contribution in [0.1, 0.15) is 17.3 Å². The average Bonchev–Trinajstić information content (AvgIpc) is 2.74. The zero-order valence-corrected chi connectivity index (χ0v) is 15.7. The van der Waals surface area contributed by atoms with Crippen LogP contribution in [0.25, 0.3) is 16.6 Å². The number of nitrogens with one attached hydrogen (secondary N) is 1. The molecule has 1 aromatic heterocycles. The molecule has 3 aromatic rings. The van der Waals surface area contributed by atoms with Crippen LogP contribution in [0.2, 0.25) is 0 Å². The van der Waals surface area contributed by atoms with Gasteiger partial charge >= 0.3 is 5.69 Å². The molecule has 0 bridgehead atoms. The Bertz CT molecular complexity index is 1140. The van der Waals surface area contributed by atoms with Crippen molar-refractivity contribution in [2.45, 2.75) is 6.92 Å². The summed E-state index contributed by atoms with van der Waals surface area (Å²) in [6.45, 7) is 5.96. The second-order valence-corrected chi connectivity index (χ2v) is 6.86. The van der Waals surface area contributed by atoms with Crippen molar-refractivity contribution < 1.29 is 4.79 Å². The zero-order valence-electron chi connectivity index (χ0n) is 15.7. The quantitative estimate of drug-likeness (QED) is 0.748. The number of aromatic nitrogens is 2. The van der Waals surface area contributed by atoms with Gasteiger partial charge in [0.05, 0.1) is 22.2 Å². The molecule has 0 aliphatic carbocycles. The third-order valence-electron chi connectivity index (χ3n) is 5.29. The van der Waals surface area contributed by atoms with E-state index in [9.17, 15) is 14.4 Å². The first-order chi connectivity index (χ1) is 13.6. The number of H-pyrrole nitrogens is 1. The number of nitrogens with zero attached hydrogens (tertiary/aromatic N) is 3. The van der Waals surface area contributed by atoms with Crippen molar-refractivity contribution >= 4 is 16.8 Å². The van der Waals surface area contributed by atoms with E-state index in [0.29, 0.717) is 35.2 Å². The molecule has 1 fully saturated rings. The van der Waals surface area contributed by atoms with Gasteiger partial charge in [0.2, 0.25) is 0 Å². The smallest absolute Gasteiger partial charge is 0.333 e. The van der Waals surface area contributed by atoms with Gasteiger partial charge < -0.3 is 14.8 Å². The number of carbonyl (C=O) groups excluding carboxylic acids is 1. The highest BCUT2D eigenvalue weighted by molar-refractivity contribution is 5.98. The molecule has 7 nitrogen and oxygen atoms in total. The van der Waals surface area contributed by atoms with Gasteiger partial charge in [-0.25, -0.2) is 9.36 Å². The van der Waals surface area contributed by atoms with E-state index in [-0.39, 0.29) is 5.91 Å². The summed E-state index contributed by atoms with van der Waals surface area (Å²) in [7, 11) is 0. The summed E-state index contributed by atoms with van der Waals surface area (Å²) in [5.41, 5.74) is 0.154. The predicted molar refractivity (Wildman–Crippen MR) is 108 cm³/mol. The minimum absolute atomic E-state index is 0.161. The van der Waals surface area contributed by atoms with Crippen molar-refractivity contribution in [3.8, 4) is 5.69 Å². The molecule has 1 aliphatic rings. The van der Waals surface area contributed by atoms with E-state index in [2.05, 4.69) is 16.8 Å². The van der Waals surface area contributed by atoms with E-state index in [1.807, 2.05) is 0 Å². The van der Waals surface area contributed by atoms with Gasteiger partial charge in [0, 0.05) is 26.2 Å². The molecule has 1 saturated heterocycles. The zero-order chi connectivity index (χ0) is 19.7. The number of fused-ring (bicyclic) bond motifs is 1. The molecular weight excluding hydrogens is 356 g/mol. The number of aromatic amines is 1. The Morgan fingerprint density at radius 3 is 2.39 bits per heavy atom. The first-order valence-corrected chi connectivity index (χ1v) is 9.45. The molecule has 0 radical (unpaired) electrons. The fraction of sp³-hybridized carbons (Fsp3) is 0.286. The summed E-state index contributed by atoms with van der Waals surface area (Å²) in [5.74, 6) is -0.161. The number of likely N-dealkylation sites (N-methyl/N-ethyl adjacent to an activating group) is 1. The SMILES string of the molecule is CCN1CCN(C(=O)c2ccccc2-n2c(=O)[nH]c3ccccc3c2=O)CC1. The Labute approximate surface area is 161 Å². The Morgan fingerprint density at radius 2 is 1.64 bits per heavy atom. The lowest BCUT2D eigenvalue weighted by Crippen LogP contribution is -2.48. The van der Waals surface area contributed by atoms with Crippen molar-refractivity contribution in [2.24, 2.45) is 0 Å². The molecule has 0 unspecified atom stereocenters. The first-order valence-electron chi connectivity index (χ1n) is 9.45. The second kappa shape index (κ2) is 7.44. The highest BCUT2D eigenvalue weighted by Crippen LogP contribution is 2.16. The van der Waals surface area contributed by atoms with E-state index >= 15 is 0 Å². The average molecular weight is 378 g/mol. The monoisotopic (exact) mass is 378 g/mol. The summed E-state index contributed by atoms with van der Waals surface area (Å²) in [6.07, 6.45) is 0. The lowest BCUT2D eigenvalue weighted by molar-refractivity contribution is 0.0643. The highest BCUT2D eigenvalue weighted by atomic mass is 16.2. The lowest BCUT2D eigenvalue weighted by atomic mass is 10.1. The van der Waals surface area contributed by atoms with Crippen LogP contribution >= 0.6 is 0 Å². The molecule has 144 valence electrons. The number of hydrogen-bond donors (Lipinski definition) is 1. The summed E-state index contributed by atoms with van der Waals surface area (Å²) >= 11 is 0. The van der Waals surface area contributed by atoms with Crippen molar-refractivity contribution in [1.29, 1.82) is 0 Å². The maximum Gasteiger partial charge on any atom is 0.333 e. The summed E-state index contributed by atoms with van der Waals surface area (Å²) in [5, 5.41) is 0.404. The van der Waals surface area contributed by atoms with Crippen LogP contribution in [0.3, 0.4) is 0 Å². The van der Waals surface area contributed by atoms with Gasteiger partial charge in [-0.1, -0.05) is 31.2 Å². The van der Waals surface area contributed by atoms with E-state index in [1.54, 1.807) is 53.4 Å². The number of piperazine rings is 1. The molecule has 0 atom stereocenters. The molecule has 28 heavy (non-hydrogen) atoms. The standard InChI is InChI=1S/C21H22N4O3/c1-2-23-11-13-24(14-12-23)19(26)16-8-4-6-10-18(16)25-20(27)15-7-3-5-9-17(15)22-21(25)28/h3-10H,2,11-14H2,1H3,(H,22,28). The maximum atomic E-state index is 13.2. The summed E-state index contributed by atoms with van der Waals surface area (Å²) < 4.78 is 1.05. The molecule has 0 saturated carbocycles. The van der Waals surface area contributed by atoms with Crippen molar-refractivity contribution in [1.82, 2.24) is 19.4 Å². The van der Waals surface area contributed by atoms with E-state index in [1.165, 1.54) is 0 Å². The van der Waals surface area contributed by atoms with Gasteiger partial charge in [0.1, 0.15) is 0 Å². The predicted octanol–water partition coefficient (Wildman–Crippen LogP) is 1.46. The molecule has 2 heterocycles. The van der Waals surface area contributed by atoms with Crippen molar-refractivity contribution in [3.05, 3.63) is 74.9 Å². The number of para-hydroxylation sites is 2.